The topological polar surface area (TPSA) is 28.7 Å². The van der Waals surface area contributed by atoms with Gasteiger partial charge in [-0.1, -0.05) is 49.4 Å². The van der Waals surface area contributed by atoms with Gasteiger partial charge >= 0.3 is 0 Å². The van der Waals surface area contributed by atoms with Crippen molar-refractivity contribution in [2.24, 2.45) is 0 Å². The second kappa shape index (κ2) is 6.25. The molecule has 1 aromatic rings. The van der Waals surface area contributed by atoms with E-state index in [0.29, 0.717) is 10.3 Å². The van der Waals surface area contributed by atoms with Crippen LogP contribution in [0.5, 0.6) is 0 Å². The average molecular weight is 321 g/mol. The second-order valence-electron chi connectivity index (χ2n) is 5.41. The summed E-state index contributed by atoms with van der Waals surface area (Å²) in [7, 11) is 0. The highest BCUT2D eigenvalue weighted by atomic mass is 35.5. The minimum absolute atomic E-state index is 0.514. The van der Waals surface area contributed by atoms with E-state index in [2.05, 4.69) is 29.0 Å². The number of unbranched alkanes of at least 4 members (excludes halogenated alkanes) is 3. The van der Waals surface area contributed by atoms with Gasteiger partial charge < -0.3 is 4.98 Å². The summed E-state index contributed by atoms with van der Waals surface area (Å²) in [4.78, 5) is 7.71. The van der Waals surface area contributed by atoms with Crippen molar-refractivity contribution >= 4 is 34.1 Å². The molecular weight excluding hydrogens is 303 g/mol. The van der Waals surface area contributed by atoms with Gasteiger partial charge in [0.2, 0.25) is 0 Å². The van der Waals surface area contributed by atoms with Gasteiger partial charge in [-0.05, 0) is 42.7 Å². The van der Waals surface area contributed by atoms with Crippen molar-refractivity contribution in [3.8, 4) is 11.3 Å². The maximum Gasteiger partial charge on any atom is 0.129 e. The molecule has 2 aliphatic rings. The van der Waals surface area contributed by atoms with Gasteiger partial charge in [0.05, 0.1) is 11.2 Å². The third kappa shape index (κ3) is 2.88. The zero-order valence-electron chi connectivity index (χ0n) is 12.0. The molecule has 110 valence electrons. The van der Waals surface area contributed by atoms with Crippen LogP contribution in [0.1, 0.15) is 38.2 Å². The highest BCUT2D eigenvalue weighted by molar-refractivity contribution is 6.30. The minimum Gasteiger partial charge on any atom is -0.344 e. The molecule has 1 aliphatic heterocycles. The van der Waals surface area contributed by atoms with Crippen LogP contribution in [0.25, 0.3) is 22.2 Å². The van der Waals surface area contributed by atoms with Crippen molar-refractivity contribution in [3.63, 3.8) is 0 Å². The van der Waals surface area contributed by atoms with Gasteiger partial charge in [0, 0.05) is 10.9 Å². The van der Waals surface area contributed by atoms with Gasteiger partial charge in [-0.15, -0.1) is 0 Å². The fourth-order valence-corrected chi connectivity index (χ4v) is 3.22. The molecular formula is C17H18Cl2N2. The Morgan fingerprint density at radius 2 is 1.90 bits per heavy atom. The number of H-pyrrole nitrogens is 1. The third-order valence-electron chi connectivity index (χ3n) is 3.94. The predicted octanol–water partition coefficient (Wildman–Crippen LogP) is 6.10. The largest absolute Gasteiger partial charge is 0.344 e. The molecule has 2 heterocycles. The number of aromatic nitrogens is 2. The van der Waals surface area contributed by atoms with Gasteiger partial charge in [-0.3, -0.25) is 0 Å². The zero-order valence-corrected chi connectivity index (χ0v) is 13.6. The molecule has 0 aromatic carbocycles. The van der Waals surface area contributed by atoms with Crippen LogP contribution in [0.3, 0.4) is 0 Å². The first-order valence-electron chi connectivity index (χ1n) is 7.46. The maximum absolute atomic E-state index is 6.10. The van der Waals surface area contributed by atoms with Crippen LogP contribution >= 0.6 is 23.2 Å². The number of nitrogens with one attached hydrogen (secondary N) is 1. The molecule has 0 amide bonds. The molecule has 0 spiro atoms. The van der Waals surface area contributed by atoms with E-state index in [9.17, 15) is 0 Å². The van der Waals surface area contributed by atoms with Gasteiger partial charge in [-0.2, -0.15) is 0 Å². The van der Waals surface area contributed by atoms with Crippen LogP contribution in [0, 0.1) is 0 Å². The molecule has 1 aliphatic carbocycles. The molecule has 21 heavy (non-hydrogen) atoms. The van der Waals surface area contributed by atoms with Gasteiger partial charge in [0.15, 0.2) is 0 Å². The van der Waals surface area contributed by atoms with E-state index in [0.717, 1.165) is 17.6 Å². The lowest BCUT2D eigenvalue weighted by molar-refractivity contribution is 0.669. The Balaban J connectivity index is 2.08. The Morgan fingerprint density at radius 1 is 1.05 bits per heavy atom. The van der Waals surface area contributed by atoms with E-state index in [-0.39, 0.29) is 0 Å². The Morgan fingerprint density at radius 3 is 2.71 bits per heavy atom. The third-order valence-corrected chi connectivity index (χ3v) is 4.37. The summed E-state index contributed by atoms with van der Waals surface area (Å²) in [6, 6.07) is 7.92. The Hall–Kier alpha value is -1.25. The number of halogens is 2. The SMILES string of the molecule is CCCCCCc1c2ccc(Cl)[nH]c-2c2nc(Cl)ccc12. The first-order valence-corrected chi connectivity index (χ1v) is 8.21. The summed E-state index contributed by atoms with van der Waals surface area (Å²) >= 11 is 12.2. The summed E-state index contributed by atoms with van der Waals surface area (Å²) in [5.41, 5.74) is 4.48. The second-order valence-corrected chi connectivity index (χ2v) is 6.21. The highest BCUT2D eigenvalue weighted by Gasteiger charge is 2.19. The molecule has 4 heteroatoms. The molecule has 2 nitrogen and oxygen atoms in total. The standard InChI is InChI=1S/C17H18Cl2N2/c1-2-3-4-5-6-11-12-7-9-14(18)20-16(12)17-13(11)8-10-15(19)21-17/h7-10,20H,2-6H2,1H3. The molecule has 0 fully saturated rings. The molecule has 0 saturated heterocycles. The number of hydrogen-bond donors (Lipinski definition) is 1. The summed E-state index contributed by atoms with van der Waals surface area (Å²) in [5.74, 6) is 0. The fourth-order valence-electron chi connectivity index (χ4n) is 2.92. The number of aryl methyl sites for hydroxylation is 1. The van der Waals surface area contributed by atoms with E-state index in [1.807, 2.05) is 12.1 Å². The number of rotatable bonds is 5. The summed E-state index contributed by atoms with van der Waals surface area (Å²) in [5, 5.41) is 2.32. The lowest BCUT2D eigenvalue weighted by Crippen LogP contribution is -1.88. The smallest absolute Gasteiger partial charge is 0.129 e. The quantitative estimate of drug-likeness (QED) is 0.446. The number of aromatic amines is 1. The van der Waals surface area contributed by atoms with Crippen LogP contribution in [-0.2, 0) is 6.42 Å². The van der Waals surface area contributed by atoms with Crippen molar-refractivity contribution in [1.82, 2.24) is 9.97 Å². The van der Waals surface area contributed by atoms with Crippen molar-refractivity contribution in [2.45, 2.75) is 39.0 Å². The first-order chi connectivity index (χ1) is 10.2. The Bertz CT molecular complexity index is 733. The maximum atomic E-state index is 6.10. The molecule has 1 aromatic heterocycles. The molecule has 0 atom stereocenters. The van der Waals surface area contributed by atoms with E-state index >= 15 is 0 Å². The summed E-state index contributed by atoms with van der Waals surface area (Å²) < 4.78 is 0. The van der Waals surface area contributed by atoms with Crippen molar-refractivity contribution in [1.29, 1.82) is 0 Å². The summed E-state index contributed by atoms with van der Waals surface area (Å²) in [6.45, 7) is 2.23. The number of fused-ring (bicyclic) bond motifs is 3. The van der Waals surface area contributed by atoms with Crippen LogP contribution in [0.15, 0.2) is 24.3 Å². The predicted molar refractivity (Wildman–Crippen MR) is 90.6 cm³/mol. The van der Waals surface area contributed by atoms with E-state index in [1.165, 1.54) is 42.2 Å². The fraction of sp³-hybridized carbons (Fsp3) is 0.353. The Labute approximate surface area is 134 Å². The van der Waals surface area contributed by atoms with Gasteiger partial charge in [0.25, 0.3) is 0 Å². The van der Waals surface area contributed by atoms with E-state index < -0.39 is 0 Å². The van der Waals surface area contributed by atoms with Crippen molar-refractivity contribution in [2.75, 3.05) is 0 Å². The normalized spacial score (nSPS) is 11.6. The molecule has 1 N–H and O–H groups in total. The number of hydrogen-bond acceptors (Lipinski definition) is 1. The van der Waals surface area contributed by atoms with Crippen LogP contribution in [-0.4, -0.2) is 9.97 Å². The number of pyridine rings is 2. The zero-order chi connectivity index (χ0) is 14.8. The van der Waals surface area contributed by atoms with Crippen molar-refractivity contribution in [3.05, 3.63) is 40.1 Å². The number of nitrogens with zero attached hydrogens (tertiary/aromatic N) is 1. The van der Waals surface area contributed by atoms with Gasteiger partial charge in [-0.25, -0.2) is 4.98 Å². The molecule has 3 rings (SSSR count). The molecule has 0 unspecified atom stereocenters. The Kier molecular flexibility index (Phi) is 4.37. The molecule has 0 radical (unpaired) electrons. The van der Waals surface area contributed by atoms with Gasteiger partial charge in [0.1, 0.15) is 10.3 Å². The minimum atomic E-state index is 0.514. The van der Waals surface area contributed by atoms with E-state index in [1.54, 1.807) is 0 Å². The van der Waals surface area contributed by atoms with Crippen molar-refractivity contribution < 1.29 is 0 Å². The lowest BCUT2D eigenvalue weighted by Gasteiger charge is -2.05. The highest BCUT2D eigenvalue weighted by Crippen LogP contribution is 2.39. The van der Waals surface area contributed by atoms with Crippen LogP contribution in [0.2, 0.25) is 10.3 Å². The van der Waals surface area contributed by atoms with Crippen LogP contribution < -0.4 is 0 Å². The van der Waals surface area contributed by atoms with Crippen LogP contribution in [0.4, 0.5) is 0 Å². The summed E-state index contributed by atoms with van der Waals surface area (Å²) in [6.07, 6.45) is 6.08. The van der Waals surface area contributed by atoms with E-state index in [4.69, 9.17) is 23.2 Å². The first kappa shape index (κ1) is 14.7. The lowest BCUT2D eigenvalue weighted by atomic mass is 10.0. The monoisotopic (exact) mass is 320 g/mol. The molecule has 0 bridgehead atoms. The molecule has 0 saturated carbocycles. The average Bonchev–Trinajstić information content (AvgIpc) is 2.77.